The van der Waals surface area contributed by atoms with Crippen LogP contribution >= 0.6 is 0 Å². The molecule has 1 fully saturated rings. The Hall–Kier alpha value is -1.88. The van der Waals surface area contributed by atoms with Crippen LogP contribution in [0.4, 0.5) is 5.69 Å². The molecule has 2 unspecified atom stereocenters. The quantitative estimate of drug-likeness (QED) is 0.825. The van der Waals surface area contributed by atoms with Gasteiger partial charge in [0.2, 0.25) is 5.91 Å². The van der Waals surface area contributed by atoms with E-state index in [1.54, 1.807) is 11.0 Å². The van der Waals surface area contributed by atoms with Crippen LogP contribution < -0.4 is 10.2 Å². The van der Waals surface area contributed by atoms with Gasteiger partial charge in [0.15, 0.2) is 0 Å². The summed E-state index contributed by atoms with van der Waals surface area (Å²) in [5, 5.41) is 12.4. The number of aliphatic carboxylic acids is 1. The molecule has 0 bridgehead atoms. The van der Waals surface area contributed by atoms with Gasteiger partial charge in [-0.2, -0.15) is 0 Å². The topological polar surface area (TPSA) is 69.6 Å². The van der Waals surface area contributed by atoms with Crippen molar-refractivity contribution >= 4 is 17.6 Å². The van der Waals surface area contributed by atoms with E-state index in [-0.39, 0.29) is 18.4 Å². The van der Waals surface area contributed by atoms with Crippen molar-refractivity contribution in [3.8, 4) is 0 Å². The number of carbonyl (C=O) groups is 2. The summed E-state index contributed by atoms with van der Waals surface area (Å²) >= 11 is 0. The molecule has 1 amide bonds. The molecule has 1 aromatic rings. The Morgan fingerprint density at radius 2 is 2.11 bits per heavy atom. The van der Waals surface area contributed by atoms with E-state index in [4.69, 9.17) is 0 Å². The molecule has 5 nitrogen and oxygen atoms in total. The normalized spacial score (nSPS) is 25.4. The average Bonchev–Trinajstić information content (AvgIpc) is 3.05. The van der Waals surface area contributed by atoms with Crippen LogP contribution in [0, 0.1) is 5.92 Å². The number of carbonyl (C=O) groups excluding carboxylic acids is 1. The number of fused-ring (bicyclic) bond motifs is 1. The van der Waals surface area contributed by atoms with Gasteiger partial charge in [-0.15, -0.1) is 0 Å². The van der Waals surface area contributed by atoms with E-state index in [0.29, 0.717) is 6.54 Å². The molecule has 0 spiro atoms. The lowest BCUT2D eigenvalue weighted by Gasteiger charge is -2.20. The van der Waals surface area contributed by atoms with E-state index in [1.807, 2.05) is 18.2 Å². The highest BCUT2D eigenvalue weighted by Gasteiger charge is 2.38. The lowest BCUT2D eigenvalue weighted by Crippen LogP contribution is -2.37. The van der Waals surface area contributed by atoms with E-state index >= 15 is 0 Å². The van der Waals surface area contributed by atoms with Crippen LogP contribution in [0.2, 0.25) is 0 Å². The van der Waals surface area contributed by atoms with Crippen molar-refractivity contribution in [3.05, 3.63) is 29.8 Å². The summed E-state index contributed by atoms with van der Waals surface area (Å²) in [5.41, 5.74) is 1.50. The second kappa shape index (κ2) is 4.66. The fourth-order valence-electron chi connectivity index (χ4n) is 2.91. The van der Waals surface area contributed by atoms with Gasteiger partial charge in [-0.25, -0.2) is 0 Å². The zero-order valence-electron chi connectivity index (χ0n) is 10.5. The molecular weight excluding hydrogens is 244 g/mol. The Morgan fingerprint density at radius 1 is 1.32 bits per heavy atom. The van der Waals surface area contributed by atoms with Crippen LogP contribution in [0.5, 0.6) is 0 Å². The molecule has 19 heavy (non-hydrogen) atoms. The predicted octanol–water partition coefficient (Wildman–Crippen LogP) is 0.811. The van der Waals surface area contributed by atoms with Gasteiger partial charge in [-0.1, -0.05) is 18.2 Å². The number of hydrogen-bond acceptors (Lipinski definition) is 3. The number of rotatable bonds is 2. The summed E-state index contributed by atoms with van der Waals surface area (Å²) < 4.78 is 0. The molecule has 5 heteroatoms. The minimum Gasteiger partial charge on any atom is -0.481 e. The molecule has 2 aliphatic heterocycles. The summed E-state index contributed by atoms with van der Waals surface area (Å²) in [5.74, 6) is -1.45. The molecule has 2 heterocycles. The lowest BCUT2D eigenvalue weighted by atomic mass is 10.0. The minimum absolute atomic E-state index is 0.0272. The van der Waals surface area contributed by atoms with Gasteiger partial charge in [0, 0.05) is 18.8 Å². The van der Waals surface area contributed by atoms with Crippen molar-refractivity contribution in [1.29, 1.82) is 0 Å². The van der Waals surface area contributed by atoms with Gasteiger partial charge in [0.25, 0.3) is 0 Å². The first kappa shape index (κ1) is 12.2. The van der Waals surface area contributed by atoms with Crippen molar-refractivity contribution in [3.63, 3.8) is 0 Å². The van der Waals surface area contributed by atoms with Gasteiger partial charge in [0.05, 0.1) is 5.92 Å². The first-order chi connectivity index (χ1) is 9.18. The second-order valence-corrected chi connectivity index (χ2v) is 5.09. The Balaban J connectivity index is 1.91. The summed E-state index contributed by atoms with van der Waals surface area (Å²) in [6, 6.07) is 7.29. The molecule has 2 N–H and O–H groups in total. The molecular formula is C14H16N2O3. The number of nitrogens with zero attached hydrogens (tertiary/aromatic N) is 1. The number of nitrogens with one attached hydrogen (secondary N) is 1. The molecule has 2 atom stereocenters. The third kappa shape index (κ3) is 2.00. The van der Waals surface area contributed by atoms with Crippen LogP contribution in [0.1, 0.15) is 17.9 Å². The smallest absolute Gasteiger partial charge is 0.312 e. The van der Waals surface area contributed by atoms with Crippen molar-refractivity contribution in [2.75, 3.05) is 24.5 Å². The minimum atomic E-state index is -0.868. The highest BCUT2D eigenvalue weighted by Crippen LogP contribution is 2.37. The lowest BCUT2D eigenvalue weighted by molar-refractivity contribution is -0.138. The Morgan fingerprint density at radius 3 is 2.79 bits per heavy atom. The van der Waals surface area contributed by atoms with Crippen LogP contribution in [0.3, 0.4) is 0 Å². The van der Waals surface area contributed by atoms with Crippen LogP contribution in [0.25, 0.3) is 0 Å². The molecule has 0 saturated carbocycles. The number of hydrogen-bond donors (Lipinski definition) is 2. The molecule has 100 valence electrons. The Bertz CT molecular complexity index is 523. The monoisotopic (exact) mass is 260 g/mol. The highest BCUT2D eigenvalue weighted by molar-refractivity contribution is 6.00. The molecule has 3 rings (SSSR count). The van der Waals surface area contributed by atoms with Crippen molar-refractivity contribution in [2.24, 2.45) is 5.92 Å². The fraction of sp³-hybridized carbons (Fsp3) is 0.429. The first-order valence-corrected chi connectivity index (χ1v) is 6.52. The zero-order valence-corrected chi connectivity index (χ0v) is 10.5. The largest absolute Gasteiger partial charge is 0.481 e. The second-order valence-electron chi connectivity index (χ2n) is 5.09. The maximum Gasteiger partial charge on any atom is 0.312 e. The summed E-state index contributed by atoms with van der Waals surface area (Å²) in [6.45, 7) is 1.80. The Kier molecular flexibility index (Phi) is 2.98. The summed E-state index contributed by atoms with van der Waals surface area (Å²) in [4.78, 5) is 25.4. The van der Waals surface area contributed by atoms with E-state index < -0.39 is 11.9 Å². The highest BCUT2D eigenvalue weighted by atomic mass is 16.4. The number of carboxylic acid groups (broad SMARTS) is 1. The maximum absolute atomic E-state index is 12.5. The van der Waals surface area contributed by atoms with E-state index in [9.17, 15) is 14.7 Å². The number of amides is 1. The van der Waals surface area contributed by atoms with Gasteiger partial charge >= 0.3 is 5.97 Å². The fourth-order valence-corrected chi connectivity index (χ4v) is 2.91. The predicted molar refractivity (Wildman–Crippen MR) is 70.1 cm³/mol. The van der Waals surface area contributed by atoms with Crippen LogP contribution in [-0.4, -0.2) is 36.6 Å². The number of para-hydroxylation sites is 1. The molecule has 2 aliphatic rings. The van der Waals surface area contributed by atoms with Gasteiger partial charge < -0.3 is 15.3 Å². The molecule has 1 saturated heterocycles. The number of anilines is 1. The molecule has 0 radical (unpaired) electrons. The maximum atomic E-state index is 12.5. The van der Waals surface area contributed by atoms with Gasteiger partial charge in [-0.3, -0.25) is 9.59 Å². The van der Waals surface area contributed by atoms with Gasteiger partial charge in [-0.05, 0) is 24.6 Å². The number of benzene rings is 1. The third-order valence-electron chi connectivity index (χ3n) is 3.94. The van der Waals surface area contributed by atoms with Crippen molar-refractivity contribution in [1.82, 2.24) is 5.32 Å². The first-order valence-electron chi connectivity index (χ1n) is 6.52. The van der Waals surface area contributed by atoms with Gasteiger partial charge in [0.1, 0.15) is 5.92 Å². The molecule has 1 aromatic carbocycles. The summed E-state index contributed by atoms with van der Waals surface area (Å²) in [7, 11) is 0. The number of carboxylic acids is 1. The standard InChI is InChI=1S/C14H16N2O3/c17-13(9-5-6-15-7-9)16-8-11(14(18)19)10-3-1-2-4-12(10)16/h1-4,9,11,15H,5-8H2,(H,18,19). The Labute approximate surface area is 111 Å². The summed E-state index contributed by atoms with van der Waals surface area (Å²) in [6.07, 6.45) is 0.829. The van der Waals surface area contributed by atoms with Crippen molar-refractivity contribution in [2.45, 2.75) is 12.3 Å². The van der Waals surface area contributed by atoms with E-state index in [1.165, 1.54) is 0 Å². The molecule has 0 aliphatic carbocycles. The van der Waals surface area contributed by atoms with Crippen LogP contribution in [0.15, 0.2) is 24.3 Å². The van der Waals surface area contributed by atoms with Crippen molar-refractivity contribution < 1.29 is 14.7 Å². The molecule has 0 aromatic heterocycles. The average molecular weight is 260 g/mol. The van der Waals surface area contributed by atoms with Crippen LogP contribution in [-0.2, 0) is 9.59 Å². The van der Waals surface area contributed by atoms with E-state index in [2.05, 4.69) is 5.32 Å². The third-order valence-corrected chi connectivity index (χ3v) is 3.94. The SMILES string of the molecule is O=C(O)C1CN(C(=O)C2CCNC2)c2ccccc21. The zero-order chi connectivity index (χ0) is 13.4. The van der Waals surface area contributed by atoms with E-state index in [0.717, 1.165) is 24.2 Å².